The van der Waals surface area contributed by atoms with Gasteiger partial charge in [0, 0.05) is 66.9 Å². The number of halogens is 3. The summed E-state index contributed by atoms with van der Waals surface area (Å²) in [5.41, 5.74) is 7.33. The van der Waals surface area contributed by atoms with Gasteiger partial charge in [-0.2, -0.15) is 15.0 Å². The number of aliphatic hydroxyl groups excluding tert-OH is 1. The lowest BCUT2D eigenvalue weighted by Crippen LogP contribution is -2.50. The van der Waals surface area contributed by atoms with Crippen LogP contribution in [0, 0.1) is 13.8 Å². The summed E-state index contributed by atoms with van der Waals surface area (Å²) in [5.74, 6) is 7.13. The molecule has 23 nitrogen and oxygen atoms in total. The Kier molecular flexibility index (Phi) is 19.5. The lowest BCUT2D eigenvalue weighted by atomic mass is 9.96. The zero-order valence-corrected chi connectivity index (χ0v) is 58.5. The minimum Gasteiger partial charge on any atom is -0.496 e. The molecule has 3 aromatic carbocycles. The highest BCUT2D eigenvalue weighted by Crippen LogP contribution is 2.39. The van der Waals surface area contributed by atoms with Crippen molar-refractivity contribution in [3.63, 3.8) is 0 Å². The van der Waals surface area contributed by atoms with Crippen LogP contribution in [0.1, 0.15) is 164 Å². The van der Waals surface area contributed by atoms with Gasteiger partial charge in [-0.3, -0.25) is 72.5 Å². The number of benzene rings is 3. The molecule has 0 radical (unpaired) electrons. The summed E-state index contributed by atoms with van der Waals surface area (Å²) in [6.45, 7) is 17.6. The monoisotopic (exact) mass is 1430 g/mol. The van der Waals surface area contributed by atoms with E-state index in [9.17, 15) is 19.5 Å². The van der Waals surface area contributed by atoms with Gasteiger partial charge >= 0.3 is 0 Å². The van der Waals surface area contributed by atoms with Gasteiger partial charge in [-0.25, -0.2) is 0 Å². The van der Waals surface area contributed by atoms with E-state index in [0.717, 1.165) is 129 Å². The summed E-state index contributed by atoms with van der Waals surface area (Å²) in [4.78, 5) is 80.7. The van der Waals surface area contributed by atoms with Crippen LogP contribution in [0.4, 0.5) is 35.3 Å². The maximum atomic E-state index is 13.5. The summed E-state index contributed by atoms with van der Waals surface area (Å²) < 4.78 is 13.4. The molecule has 3 aromatic heterocycles. The van der Waals surface area contributed by atoms with E-state index in [0.29, 0.717) is 119 Å². The zero-order chi connectivity index (χ0) is 65.5. The Hall–Kier alpha value is -7.48. The molecule has 3 saturated carbocycles. The number of amides is 3. The second-order valence-corrected chi connectivity index (χ2v) is 27.7. The van der Waals surface area contributed by atoms with Crippen LogP contribution >= 0.6 is 43.5 Å². The Balaban J connectivity index is 0.000000128. The van der Waals surface area contributed by atoms with Crippen LogP contribution in [0.5, 0.6) is 5.75 Å². The van der Waals surface area contributed by atoms with Crippen molar-refractivity contribution in [2.45, 2.75) is 162 Å². The summed E-state index contributed by atoms with van der Waals surface area (Å²) >= 11 is 13.6. The molecule has 9 heterocycles. The van der Waals surface area contributed by atoms with E-state index in [-0.39, 0.29) is 29.9 Å². The van der Waals surface area contributed by atoms with Gasteiger partial charge in [0.1, 0.15) is 5.75 Å². The van der Waals surface area contributed by atoms with Gasteiger partial charge in [-0.05, 0) is 148 Å². The third kappa shape index (κ3) is 12.8. The molecular formula is C68H85Br2ClN18O5. The first-order valence-corrected chi connectivity index (χ1v) is 35.6. The number of ether oxygens (including phenoxy) is 1. The third-order valence-corrected chi connectivity index (χ3v) is 21.3. The van der Waals surface area contributed by atoms with Crippen molar-refractivity contribution in [3.8, 4) is 5.75 Å². The van der Waals surface area contributed by atoms with Crippen molar-refractivity contribution in [2.75, 3.05) is 96.7 Å². The highest BCUT2D eigenvalue weighted by molar-refractivity contribution is 9.10. The molecule has 0 bridgehead atoms. The predicted octanol–water partition coefficient (Wildman–Crippen LogP) is 11.4. The van der Waals surface area contributed by atoms with Gasteiger partial charge in [0.2, 0.25) is 35.7 Å². The van der Waals surface area contributed by atoms with Gasteiger partial charge in [0.15, 0.2) is 34.5 Å². The summed E-state index contributed by atoms with van der Waals surface area (Å²) in [6.07, 6.45) is 14.2. The van der Waals surface area contributed by atoms with E-state index in [1.54, 1.807) is 21.8 Å². The first kappa shape index (κ1) is 65.2. The average Bonchev–Trinajstić information content (AvgIpc) is 1.59. The highest BCUT2D eigenvalue weighted by atomic mass is 79.9. The average molecular weight is 1430 g/mol. The molecule has 0 saturated heterocycles. The van der Waals surface area contributed by atoms with Crippen LogP contribution in [0.25, 0.3) is 0 Å². The van der Waals surface area contributed by atoms with Crippen molar-refractivity contribution in [1.29, 1.82) is 0 Å². The number of nitrogens with zero attached hydrogens (tertiary/aromatic N) is 15. The van der Waals surface area contributed by atoms with Crippen molar-refractivity contribution in [3.05, 3.63) is 113 Å². The molecule has 2 atom stereocenters. The number of hydrogen-bond donors (Lipinski definition) is 4. The lowest BCUT2D eigenvalue weighted by molar-refractivity contribution is 0.0828. The van der Waals surface area contributed by atoms with Crippen molar-refractivity contribution in [2.24, 2.45) is 15.0 Å². The Bertz CT molecular complexity index is 3790. The number of aliphatic hydroxyl groups is 1. The molecular weight excluding hydrogens is 1340 g/mol. The maximum Gasteiger partial charge on any atom is 0.281 e. The second-order valence-electron chi connectivity index (χ2n) is 25.6. The van der Waals surface area contributed by atoms with Crippen LogP contribution in [0.2, 0.25) is 5.02 Å². The van der Waals surface area contributed by atoms with Gasteiger partial charge in [-0.15, -0.1) is 0 Å². The fourth-order valence-corrected chi connectivity index (χ4v) is 15.6. The fraction of sp³-hybridized carbons (Fsp3) is 0.515. The Labute approximate surface area is 571 Å². The summed E-state index contributed by atoms with van der Waals surface area (Å²) in [5, 5.41) is 21.6. The number of anilines is 6. The highest BCUT2D eigenvalue weighted by Gasteiger charge is 2.45. The van der Waals surface area contributed by atoms with E-state index < -0.39 is 0 Å². The van der Waals surface area contributed by atoms with Crippen LogP contribution < -0.4 is 35.4 Å². The number of carbonyl (C=O) groups excluding carboxylic acids is 3. The number of rotatable bonds is 16. The maximum absolute atomic E-state index is 13.5. The van der Waals surface area contributed by atoms with Crippen LogP contribution in [-0.2, 0) is 19.6 Å². The normalized spacial score (nSPS) is 19.9. The molecule has 6 aliphatic heterocycles. The van der Waals surface area contributed by atoms with Crippen molar-refractivity contribution in [1.82, 2.24) is 43.4 Å². The molecule has 4 N–H and O–H groups in total. The van der Waals surface area contributed by atoms with Crippen molar-refractivity contribution < 1.29 is 24.2 Å². The zero-order valence-electron chi connectivity index (χ0n) is 54.6. The summed E-state index contributed by atoms with van der Waals surface area (Å²) in [6, 6.07) is 19.3. The van der Waals surface area contributed by atoms with Crippen LogP contribution in [-0.4, -0.2) is 174 Å². The number of hydrogen-bond acceptors (Lipinski definition) is 17. The molecule has 498 valence electrons. The van der Waals surface area contributed by atoms with Gasteiger partial charge in [0.05, 0.1) is 57.0 Å². The molecule has 9 aliphatic rings. The number of aryl methyl sites for hydroxylation is 2. The number of carbonyl (C=O) groups is 3. The number of imidazole rings is 3. The molecule has 0 unspecified atom stereocenters. The Morgan fingerprint density at radius 3 is 1.29 bits per heavy atom. The number of aliphatic imine (C=N–C) groups is 3. The molecule has 26 heteroatoms. The number of aromatic nitrogens is 6. The van der Waals surface area contributed by atoms with E-state index in [1.807, 2.05) is 72.1 Å². The topological polar surface area (TPSA) is 227 Å². The van der Waals surface area contributed by atoms with Crippen LogP contribution in [0.15, 0.2) is 78.5 Å². The van der Waals surface area contributed by atoms with E-state index in [4.69, 9.17) is 31.3 Å². The van der Waals surface area contributed by atoms with Gasteiger partial charge in [-0.1, -0.05) is 96.4 Å². The third-order valence-electron chi connectivity index (χ3n) is 19.4. The van der Waals surface area contributed by atoms with E-state index in [1.165, 1.54) is 44.1 Å². The molecule has 6 aromatic rings. The molecule has 3 aliphatic carbocycles. The second kappa shape index (κ2) is 28.1. The minimum absolute atomic E-state index is 0.00947. The largest absolute Gasteiger partial charge is 0.496 e. The number of fused-ring (bicyclic) bond motifs is 9. The number of methoxy groups -OCH3 is 1. The fourth-order valence-electron chi connectivity index (χ4n) is 14.4. The molecule has 3 fully saturated rings. The SMILES string of the molecule is CCN1C(=O)c2c(nc(NC3CCCCC3)n2Cc2ccc(C)c(Br)c2)N2CCN=C12.CCN1C(=O)c2c(nc(NC3CCCCC3)n2Cc2ccc(C)c(Cl)c2)N2CCN=C12.CCN1C(=O)c2c(nc(N[C@@H]3CC[C@H](O)C3)n2Cc2ccc(OC)c(Br)c2)N2CCN=C12. The van der Waals surface area contributed by atoms with E-state index in [2.05, 4.69) is 108 Å². The minimum atomic E-state index is -0.294. The standard InChI is InChI=1S/C23H29BrN6O.C23H29ClN6O.C22H27BrN6O3/c2*1-3-28-21(31)19-20(29-12-11-25-23(28)29)27-22(26-17-7-5-4-6-8-17)30(19)14-16-10-9-15(2)18(24)13-16;1-3-27-20(31)18-19(28-9-8-24-22(27)28)26-21(25-14-5-6-15(30)11-14)29(18)12-13-4-7-17(32-2)16(23)10-13/h2*9-10,13,17H,3-8,11-12,14H2,1-2H3,(H,26,27);4,7,10,14-15,30H,3,5-6,8-9,11-12H2,1-2H3,(H,25,26)/t;;14-,15+/m..1/s1. The van der Waals surface area contributed by atoms with Gasteiger partial charge in [0.25, 0.3) is 17.7 Å². The van der Waals surface area contributed by atoms with E-state index >= 15 is 0 Å². The molecule has 3 amide bonds. The smallest absolute Gasteiger partial charge is 0.281 e. The van der Waals surface area contributed by atoms with Crippen molar-refractivity contribution >= 4 is 114 Å². The number of guanidine groups is 3. The lowest BCUT2D eigenvalue weighted by Gasteiger charge is -2.32. The first-order valence-electron chi connectivity index (χ1n) is 33.7. The van der Waals surface area contributed by atoms with Gasteiger partial charge < -0.3 is 25.8 Å². The number of nitrogens with one attached hydrogen (secondary N) is 3. The molecule has 15 rings (SSSR count). The van der Waals surface area contributed by atoms with Crippen LogP contribution in [0.3, 0.4) is 0 Å². The first-order chi connectivity index (χ1) is 45.6. The predicted molar refractivity (Wildman–Crippen MR) is 377 cm³/mol. The quantitative estimate of drug-likeness (QED) is 0.0707. The Morgan fingerprint density at radius 1 is 0.521 bits per heavy atom. The molecule has 0 spiro atoms. The Morgan fingerprint density at radius 2 is 0.915 bits per heavy atom. The summed E-state index contributed by atoms with van der Waals surface area (Å²) in [7, 11) is 1.64. The molecule has 94 heavy (non-hydrogen) atoms.